The summed E-state index contributed by atoms with van der Waals surface area (Å²) >= 11 is 0. The minimum absolute atomic E-state index is 0.163. The maximum atomic E-state index is 11.4. The summed E-state index contributed by atoms with van der Waals surface area (Å²) in [6, 6.07) is 9.69. The highest BCUT2D eigenvalue weighted by Crippen LogP contribution is 2.00. The third kappa shape index (κ3) is 7.21. The normalized spacial score (nSPS) is 10.3. The van der Waals surface area contributed by atoms with Gasteiger partial charge in [0, 0.05) is 6.42 Å². The van der Waals surface area contributed by atoms with Gasteiger partial charge in [-0.15, -0.1) is 0 Å². The van der Waals surface area contributed by atoms with Crippen molar-refractivity contribution in [3.8, 4) is 0 Å². The molecular weight excluding hydrogens is 246 g/mol. The minimum atomic E-state index is -0.571. The molecule has 5 nitrogen and oxygen atoms in total. The Hall–Kier alpha value is -1.88. The molecule has 0 bridgehead atoms. The number of ether oxygens (including phenoxy) is 2. The number of esters is 2. The zero-order valence-corrected chi connectivity index (χ0v) is 11.3. The van der Waals surface area contributed by atoms with E-state index in [1.54, 1.807) is 19.0 Å². The molecule has 0 fully saturated rings. The highest BCUT2D eigenvalue weighted by atomic mass is 16.6. The van der Waals surface area contributed by atoms with Crippen LogP contribution in [0.2, 0.25) is 0 Å². The molecule has 0 aromatic heterocycles. The second-order valence-corrected chi connectivity index (χ2v) is 4.36. The molecule has 0 atom stereocenters. The van der Waals surface area contributed by atoms with E-state index in [0.717, 1.165) is 5.56 Å². The van der Waals surface area contributed by atoms with Gasteiger partial charge in [-0.3, -0.25) is 14.5 Å². The lowest BCUT2D eigenvalue weighted by Gasteiger charge is -2.10. The Bertz CT molecular complexity index is 403. The molecule has 19 heavy (non-hydrogen) atoms. The van der Waals surface area contributed by atoms with Crippen molar-refractivity contribution in [3.63, 3.8) is 0 Å². The maximum Gasteiger partial charge on any atom is 0.318 e. The summed E-state index contributed by atoms with van der Waals surface area (Å²) in [6.07, 6.45) is 0.294. The molecule has 0 spiro atoms. The largest absolute Gasteiger partial charge is 0.465 e. The van der Waals surface area contributed by atoms with Crippen LogP contribution < -0.4 is 0 Å². The van der Waals surface area contributed by atoms with Gasteiger partial charge >= 0.3 is 11.9 Å². The molecule has 0 radical (unpaired) electrons. The van der Waals surface area contributed by atoms with Gasteiger partial charge in [-0.2, -0.15) is 0 Å². The Morgan fingerprint density at radius 3 is 2.32 bits per heavy atom. The zero-order chi connectivity index (χ0) is 14.1. The smallest absolute Gasteiger partial charge is 0.318 e. The molecule has 0 heterocycles. The first kappa shape index (κ1) is 15.2. The van der Waals surface area contributed by atoms with E-state index in [0.29, 0.717) is 6.42 Å². The highest BCUT2D eigenvalue weighted by Gasteiger charge is 2.12. The molecule has 0 amide bonds. The fraction of sp³-hybridized carbons (Fsp3) is 0.429. The van der Waals surface area contributed by atoms with E-state index in [4.69, 9.17) is 9.47 Å². The van der Waals surface area contributed by atoms with Crippen LogP contribution in [-0.4, -0.2) is 44.3 Å². The van der Waals surface area contributed by atoms with Gasteiger partial charge in [-0.25, -0.2) is 0 Å². The van der Waals surface area contributed by atoms with Gasteiger partial charge in [0.1, 0.15) is 13.2 Å². The van der Waals surface area contributed by atoms with Crippen molar-refractivity contribution in [3.05, 3.63) is 35.9 Å². The summed E-state index contributed by atoms with van der Waals surface area (Å²) in [6.45, 7) is 0.430. The second kappa shape index (κ2) is 8.26. The van der Waals surface area contributed by atoms with Crippen LogP contribution in [0.1, 0.15) is 12.0 Å². The van der Waals surface area contributed by atoms with Crippen molar-refractivity contribution in [1.82, 2.24) is 4.90 Å². The molecule has 104 valence electrons. The predicted molar refractivity (Wildman–Crippen MR) is 70.4 cm³/mol. The minimum Gasteiger partial charge on any atom is -0.465 e. The Balaban J connectivity index is 2.16. The van der Waals surface area contributed by atoms with Crippen molar-refractivity contribution < 1.29 is 19.1 Å². The average molecular weight is 265 g/mol. The third-order valence-corrected chi connectivity index (χ3v) is 2.27. The van der Waals surface area contributed by atoms with Crippen LogP contribution in [0.25, 0.3) is 0 Å². The van der Waals surface area contributed by atoms with E-state index in [1.165, 1.54) is 0 Å². The van der Waals surface area contributed by atoms with Gasteiger partial charge in [0.15, 0.2) is 0 Å². The number of hydrogen-bond acceptors (Lipinski definition) is 5. The molecule has 5 heteroatoms. The van der Waals surface area contributed by atoms with Gasteiger partial charge < -0.3 is 9.47 Å². The molecule has 0 aliphatic heterocycles. The summed E-state index contributed by atoms with van der Waals surface area (Å²) in [5.41, 5.74) is 1.09. The standard InChI is InChI=1S/C14H19NO4/c1-15(2)11-19-14(17)10-13(16)18-9-8-12-6-4-3-5-7-12/h3-7H,8-11H2,1-2H3. The maximum absolute atomic E-state index is 11.4. The monoisotopic (exact) mass is 265 g/mol. The van der Waals surface area contributed by atoms with Gasteiger partial charge in [-0.05, 0) is 19.7 Å². The second-order valence-electron chi connectivity index (χ2n) is 4.36. The predicted octanol–water partition coefficient (Wildman–Crippen LogP) is 1.22. The lowest BCUT2D eigenvalue weighted by atomic mass is 10.2. The van der Waals surface area contributed by atoms with Crippen molar-refractivity contribution in [2.45, 2.75) is 12.8 Å². The number of carbonyl (C=O) groups excluding carboxylic acids is 2. The van der Waals surface area contributed by atoms with Crippen LogP contribution >= 0.6 is 0 Å². The van der Waals surface area contributed by atoms with Crippen LogP contribution in [0.5, 0.6) is 0 Å². The van der Waals surface area contributed by atoms with Gasteiger partial charge in [0.25, 0.3) is 0 Å². The lowest BCUT2D eigenvalue weighted by molar-refractivity contribution is -0.156. The number of rotatable bonds is 7. The Morgan fingerprint density at radius 2 is 1.68 bits per heavy atom. The van der Waals surface area contributed by atoms with E-state index in [2.05, 4.69) is 0 Å². The Labute approximate surface area is 113 Å². The molecule has 0 saturated carbocycles. The van der Waals surface area contributed by atoms with Crippen molar-refractivity contribution in [2.24, 2.45) is 0 Å². The summed E-state index contributed by atoms with van der Waals surface area (Å²) < 4.78 is 9.79. The Morgan fingerprint density at radius 1 is 1.05 bits per heavy atom. The van der Waals surface area contributed by atoms with Crippen molar-refractivity contribution in [1.29, 1.82) is 0 Å². The molecule has 0 aliphatic rings. The summed E-state index contributed by atoms with van der Waals surface area (Å²) in [4.78, 5) is 24.3. The molecule has 1 aromatic rings. The molecular formula is C14H19NO4. The van der Waals surface area contributed by atoms with E-state index < -0.39 is 11.9 Å². The number of benzene rings is 1. The molecule has 1 aromatic carbocycles. The third-order valence-electron chi connectivity index (χ3n) is 2.27. The van der Waals surface area contributed by atoms with Gasteiger partial charge in [-0.1, -0.05) is 30.3 Å². The number of carbonyl (C=O) groups is 2. The first-order valence-corrected chi connectivity index (χ1v) is 6.08. The first-order valence-electron chi connectivity index (χ1n) is 6.08. The van der Waals surface area contributed by atoms with Crippen molar-refractivity contribution in [2.75, 3.05) is 27.4 Å². The topological polar surface area (TPSA) is 55.8 Å². The van der Waals surface area contributed by atoms with Gasteiger partial charge in [0.2, 0.25) is 0 Å². The van der Waals surface area contributed by atoms with E-state index in [1.807, 2.05) is 30.3 Å². The number of hydrogen-bond donors (Lipinski definition) is 0. The highest BCUT2D eigenvalue weighted by molar-refractivity contribution is 5.91. The van der Waals surface area contributed by atoms with E-state index in [-0.39, 0.29) is 19.8 Å². The Kier molecular flexibility index (Phi) is 6.60. The van der Waals surface area contributed by atoms with Crippen LogP contribution in [-0.2, 0) is 25.5 Å². The molecule has 1 rings (SSSR count). The van der Waals surface area contributed by atoms with Gasteiger partial charge in [0.05, 0.1) is 6.61 Å². The van der Waals surface area contributed by atoms with Crippen LogP contribution in [0.4, 0.5) is 0 Å². The molecule has 0 saturated heterocycles. The zero-order valence-electron chi connectivity index (χ0n) is 11.3. The quantitative estimate of drug-likeness (QED) is 0.421. The SMILES string of the molecule is CN(C)COC(=O)CC(=O)OCCc1ccccc1. The molecule has 0 aliphatic carbocycles. The molecule has 0 unspecified atom stereocenters. The van der Waals surface area contributed by atoms with Crippen molar-refractivity contribution >= 4 is 11.9 Å². The summed E-state index contributed by atoms with van der Waals surface area (Å²) in [7, 11) is 3.54. The van der Waals surface area contributed by atoms with Crippen LogP contribution in [0.15, 0.2) is 30.3 Å². The summed E-state index contributed by atoms with van der Waals surface area (Å²) in [5, 5.41) is 0. The average Bonchev–Trinajstić information content (AvgIpc) is 2.37. The van der Waals surface area contributed by atoms with E-state index in [9.17, 15) is 9.59 Å². The van der Waals surface area contributed by atoms with Crippen LogP contribution in [0, 0.1) is 0 Å². The number of nitrogens with zero attached hydrogens (tertiary/aromatic N) is 1. The van der Waals surface area contributed by atoms with E-state index >= 15 is 0 Å². The fourth-order valence-electron chi connectivity index (χ4n) is 1.35. The summed E-state index contributed by atoms with van der Waals surface area (Å²) in [5.74, 6) is -1.13. The van der Waals surface area contributed by atoms with Crippen LogP contribution in [0.3, 0.4) is 0 Å². The first-order chi connectivity index (χ1) is 9.08. The lowest BCUT2D eigenvalue weighted by Crippen LogP contribution is -2.22. The fourth-order valence-corrected chi connectivity index (χ4v) is 1.35. The molecule has 0 N–H and O–H groups in total.